The summed E-state index contributed by atoms with van der Waals surface area (Å²) in [5.41, 5.74) is 5.86. The van der Waals surface area contributed by atoms with Gasteiger partial charge in [-0.25, -0.2) is 4.79 Å². The van der Waals surface area contributed by atoms with Gasteiger partial charge in [-0.15, -0.1) is 11.3 Å². The van der Waals surface area contributed by atoms with Gasteiger partial charge in [0.15, 0.2) is 18.1 Å². The molecule has 0 fully saturated rings. The Kier molecular flexibility index (Phi) is 3.97. The number of esters is 1. The minimum atomic E-state index is -0.683. The number of hydrogen-bond donors (Lipinski definition) is 1. The topological polar surface area (TPSA) is 87.9 Å². The molecule has 0 bridgehead atoms. The normalized spacial score (nSPS) is 12.7. The van der Waals surface area contributed by atoms with Crippen molar-refractivity contribution in [2.24, 2.45) is 5.73 Å². The monoisotopic (exact) mass is 319 g/mol. The zero-order chi connectivity index (χ0) is 15.5. The molecule has 1 aliphatic heterocycles. The predicted molar refractivity (Wildman–Crippen MR) is 80.2 cm³/mol. The van der Waals surface area contributed by atoms with Crippen molar-refractivity contribution in [2.45, 2.75) is 0 Å². The number of thiophene rings is 1. The van der Waals surface area contributed by atoms with Crippen molar-refractivity contribution in [3.05, 3.63) is 35.2 Å². The van der Waals surface area contributed by atoms with Crippen LogP contribution in [-0.4, -0.2) is 31.7 Å². The zero-order valence-electron chi connectivity index (χ0n) is 11.5. The number of fused-ring (bicyclic) bond motifs is 1. The lowest BCUT2D eigenvalue weighted by atomic mass is 10.1. The van der Waals surface area contributed by atoms with E-state index in [4.69, 9.17) is 19.9 Å². The Hall–Kier alpha value is -2.54. The van der Waals surface area contributed by atoms with E-state index in [1.54, 1.807) is 6.07 Å². The van der Waals surface area contributed by atoms with E-state index in [9.17, 15) is 9.59 Å². The van der Waals surface area contributed by atoms with Gasteiger partial charge in [0.1, 0.15) is 18.1 Å². The Balaban J connectivity index is 1.78. The van der Waals surface area contributed by atoms with Crippen molar-refractivity contribution in [3.8, 4) is 21.9 Å². The molecule has 0 aliphatic carbocycles. The minimum absolute atomic E-state index is 0.408. The fourth-order valence-electron chi connectivity index (χ4n) is 2.01. The number of carbonyl (C=O) groups is 2. The van der Waals surface area contributed by atoms with Gasteiger partial charge in [-0.1, -0.05) is 0 Å². The molecular formula is C15H13NO5S. The SMILES string of the molecule is NC(=O)COC(=O)c1ccc(-c2ccc3c(c2)OCCO3)s1. The molecule has 0 unspecified atom stereocenters. The Bertz CT molecular complexity index is 724. The van der Waals surface area contributed by atoms with E-state index >= 15 is 0 Å². The molecule has 6 nitrogen and oxygen atoms in total. The maximum Gasteiger partial charge on any atom is 0.348 e. The zero-order valence-corrected chi connectivity index (χ0v) is 12.4. The van der Waals surface area contributed by atoms with Crippen molar-refractivity contribution in [2.75, 3.05) is 19.8 Å². The second-order valence-corrected chi connectivity index (χ2v) is 5.65. The van der Waals surface area contributed by atoms with E-state index in [2.05, 4.69) is 0 Å². The Morgan fingerprint density at radius 2 is 1.91 bits per heavy atom. The van der Waals surface area contributed by atoms with Crippen LogP contribution in [0.15, 0.2) is 30.3 Å². The van der Waals surface area contributed by atoms with Crippen LogP contribution < -0.4 is 15.2 Å². The van der Waals surface area contributed by atoms with Crippen molar-refractivity contribution < 1.29 is 23.8 Å². The largest absolute Gasteiger partial charge is 0.486 e. The number of rotatable bonds is 4. The third kappa shape index (κ3) is 3.04. The summed E-state index contributed by atoms with van der Waals surface area (Å²) in [6, 6.07) is 9.09. The maximum atomic E-state index is 11.8. The van der Waals surface area contributed by atoms with Crippen molar-refractivity contribution >= 4 is 23.2 Å². The van der Waals surface area contributed by atoms with Gasteiger partial charge < -0.3 is 19.9 Å². The molecule has 1 amide bonds. The number of nitrogens with two attached hydrogens (primary N) is 1. The van der Waals surface area contributed by atoms with Crippen molar-refractivity contribution in [3.63, 3.8) is 0 Å². The number of benzene rings is 1. The summed E-state index contributed by atoms with van der Waals surface area (Å²) < 4.78 is 15.8. The Labute approximate surface area is 130 Å². The molecule has 0 saturated heterocycles. The predicted octanol–water partition coefficient (Wildman–Crippen LogP) is 1.83. The van der Waals surface area contributed by atoms with E-state index in [1.165, 1.54) is 11.3 Å². The van der Waals surface area contributed by atoms with Gasteiger partial charge in [-0.2, -0.15) is 0 Å². The first-order valence-corrected chi connectivity index (χ1v) is 7.40. The lowest BCUT2D eigenvalue weighted by Gasteiger charge is -2.18. The summed E-state index contributed by atoms with van der Waals surface area (Å²) in [6.07, 6.45) is 0. The van der Waals surface area contributed by atoms with Crippen LogP contribution in [0.3, 0.4) is 0 Å². The average Bonchev–Trinajstić information content (AvgIpc) is 3.02. The van der Waals surface area contributed by atoms with E-state index in [0.29, 0.717) is 29.6 Å². The molecule has 1 aromatic heterocycles. The molecule has 0 spiro atoms. The molecule has 22 heavy (non-hydrogen) atoms. The quantitative estimate of drug-likeness (QED) is 0.869. The highest BCUT2D eigenvalue weighted by Crippen LogP contribution is 2.36. The number of ether oxygens (including phenoxy) is 3. The van der Waals surface area contributed by atoms with Crippen LogP contribution in [0, 0.1) is 0 Å². The first-order chi connectivity index (χ1) is 10.6. The highest BCUT2D eigenvalue weighted by molar-refractivity contribution is 7.17. The third-order valence-electron chi connectivity index (χ3n) is 2.98. The second-order valence-electron chi connectivity index (χ2n) is 4.56. The van der Waals surface area contributed by atoms with Crippen LogP contribution in [0.25, 0.3) is 10.4 Å². The number of carbonyl (C=O) groups excluding carboxylic acids is 2. The molecule has 2 N–H and O–H groups in total. The first kappa shape index (κ1) is 14.4. The average molecular weight is 319 g/mol. The summed E-state index contributed by atoms with van der Waals surface area (Å²) >= 11 is 1.27. The van der Waals surface area contributed by atoms with Crippen molar-refractivity contribution in [1.29, 1.82) is 0 Å². The maximum absolute atomic E-state index is 11.8. The summed E-state index contributed by atoms with van der Waals surface area (Å²) in [5.74, 6) is 0.159. The van der Waals surface area contributed by atoms with Crippen LogP contribution in [-0.2, 0) is 9.53 Å². The molecule has 1 aromatic carbocycles. The molecule has 0 atom stereocenters. The Morgan fingerprint density at radius 3 is 2.68 bits per heavy atom. The molecule has 114 valence electrons. The molecule has 2 heterocycles. The van der Waals surface area contributed by atoms with Gasteiger partial charge in [0.2, 0.25) is 0 Å². The molecule has 0 radical (unpaired) electrons. The summed E-state index contributed by atoms with van der Waals surface area (Å²) in [6.45, 7) is 0.642. The van der Waals surface area contributed by atoms with Crippen LogP contribution in [0.5, 0.6) is 11.5 Å². The lowest BCUT2D eigenvalue weighted by molar-refractivity contribution is -0.121. The molecule has 0 saturated carbocycles. The van der Waals surface area contributed by atoms with E-state index < -0.39 is 18.5 Å². The van der Waals surface area contributed by atoms with Crippen molar-refractivity contribution in [1.82, 2.24) is 0 Å². The standard InChI is InChI=1S/C15H13NO5S/c16-14(17)8-21-15(18)13-4-3-12(22-13)9-1-2-10-11(7-9)20-6-5-19-10/h1-4,7H,5-6,8H2,(H2,16,17). The second kappa shape index (κ2) is 6.07. The van der Waals surface area contributed by atoms with E-state index in [-0.39, 0.29) is 0 Å². The van der Waals surface area contributed by atoms with E-state index in [1.807, 2.05) is 24.3 Å². The molecule has 3 rings (SSSR count). The number of amides is 1. The summed E-state index contributed by atoms with van der Waals surface area (Å²) in [5, 5.41) is 0. The molecule has 1 aliphatic rings. The van der Waals surface area contributed by atoms with Gasteiger partial charge in [0.05, 0.1) is 0 Å². The van der Waals surface area contributed by atoms with Crippen LogP contribution >= 0.6 is 11.3 Å². The van der Waals surface area contributed by atoms with Crippen LogP contribution in [0.2, 0.25) is 0 Å². The van der Waals surface area contributed by atoms with Crippen LogP contribution in [0.1, 0.15) is 9.67 Å². The van der Waals surface area contributed by atoms with E-state index in [0.717, 1.165) is 10.4 Å². The lowest BCUT2D eigenvalue weighted by Crippen LogP contribution is -2.20. The minimum Gasteiger partial charge on any atom is -0.486 e. The number of primary amides is 1. The van der Waals surface area contributed by atoms with Crippen LogP contribution in [0.4, 0.5) is 0 Å². The molecule has 7 heteroatoms. The number of hydrogen-bond acceptors (Lipinski definition) is 6. The molecular weight excluding hydrogens is 306 g/mol. The smallest absolute Gasteiger partial charge is 0.348 e. The van der Waals surface area contributed by atoms with Gasteiger partial charge in [-0.3, -0.25) is 4.79 Å². The first-order valence-electron chi connectivity index (χ1n) is 6.59. The van der Waals surface area contributed by atoms with Gasteiger partial charge in [0, 0.05) is 4.88 Å². The summed E-state index contributed by atoms with van der Waals surface area (Å²) in [4.78, 5) is 23.7. The highest BCUT2D eigenvalue weighted by atomic mass is 32.1. The fourth-order valence-corrected chi connectivity index (χ4v) is 2.90. The highest BCUT2D eigenvalue weighted by Gasteiger charge is 2.16. The van der Waals surface area contributed by atoms with Gasteiger partial charge in [-0.05, 0) is 35.9 Å². The Morgan fingerprint density at radius 1 is 1.14 bits per heavy atom. The van der Waals surface area contributed by atoms with Gasteiger partial charge >= 0.3 is 5.97 Å². The van der Waals surface area contributed by atoms with Gasteiger partial charge in [0.25, 0.3) is 5.91 Å². The summed E-state index contributed by atoms with van der Waals surface area (Å²) in [7, 11) is 0. The third-order valence-corrected chi connectivity index (χ3v) is 4.09. The fraction of sp³-hybridized carbons (Fsp3) is 0.200. The molecule has 2 aromatic rings.